The maximum Gasteiger partial charge on any atom is 0.271 e. The lowest BCUT2D eigenvalue weighted by Gasteiger charge is -2.20. The first-order valence-electron chi connectivity index (χ1n) is 11.5. The maximum atomic E-state index is 13.4. The molecule has 1 N–H and O–H groups in total. The Balaban J connectivity index is 1.87. The van der Waals surface area contributed by atoms with E-state index in [2.05, 4.69) is 29.2 Å². The topological polar surface area (TPSA) is 93.3 Å². The van der Waals surface area contributed by atoms with Crippen molar-refractivity contribution >= 4 is 11.6 Å². The third kappa shape index (κ3) is 6.26. The Morgan fingerprint density at radius 1 is 1.18 bits per heavy atom. The third-order valence-electron chi connectivity index (χ3n) is 5.75. The zero-order chi connectivity index (χ0) is 24.7. The van der Waals surface area contributed by atoms with E-state index in [-0.39, 0.29) is 29.1 Å². The molecule has 0 aliphatic carbocycles. The number of nitrogens with zero attached hydrogens (tertiary/aromatic N) is 4. The molecule has 0 fully saturated rings. The summed E-state index contributed by atoms with van der Waals surface area (Å²) in [7, 11) is 0. The maximum absolute atomic E-state index is 13.4. The Hall–Kier alpha value is -3.59. The van der Waals surface area contributed by atoms with Gasteiger partial charge in [0.15, 0.2) is 0 Å². The zero-order valence-electron chi connectivity index (χ0n) is 19.7. The molecule has 1 aromatic heterocycles. The molecular weight excluding hydrogens is 437 g/mol. The van der Waals surface area contributed by atoms with Crippen molar-refractivity contribution in [2.45, 2.75) is 39.7 Å². The van der Waals surface area contributed by atoms with Gasteiger partial charge in [-0.15, -0.1) is 0 Å². The van der Waals surface area contributed by atoms with Gasteiger partial charge >= 0.3 is 0 Å². The van der Waals surface area contributed by atoms with Crippen LogP contribution in [0.3, 0.4) is 0 Å². The quantitative estimate of drug-likeness (QED) is 0.322. The van der Waals surface area contributed by atoms with Gasteiger partial charge in [0, 0.05) is 23.7 Å². The number of rotatable bonds is 11. The minimum Gasteiger partial charge on any atom is -0.348 e. The van der Waals surface area contributed by atoms with Crippen molar-refractivity contribution in [2.75, 3.05) is 19.6 Å². The van der Waals surface area contributed by atoms with Crippen LogP contribution in [-0.2, 0) is 0 Å². The fourth-order valence-electron chi connectivity index (χ4n) is 3.77. The number of hydrogen-bond donors (Lipinski definition) is 1. The number of nitro groups is 1. The van der Waals surface area contributed by atoms with Crippen LogP contribution in [0.15, 0.2) is 54.6 Å². The molecule has 34 heavy (non-hydrogen) atoms. The fraction of sp³-hybridized carbons (Fsp3) is 0.360. The molecule has 0 radical (unpaired) electrons. The second-order valence-corrected chi connectivity index (χ2v) is 8.15. The van der Waals surface area contributed by atoms with Crippen molar-refractivity contribution in [3.63, 3.8) is 0 Å². The van der Waals surface area contributed by atoms with Crippen molar-refractivity contribution < 1.29 is 14.1 Å². The van der Waals surface area contributed by atoms with Crippen molar-refractivity contribution in [2.24, 2.45) is 0 Å². The minimum atomic E-state index is -0.494. The number of aromatic nitrogens is 2. The van der Waals surface area contributed by atoms with E-state index in [0.29, 0.717) is 16.9 Å². The summed E-state index contributed by atoms with van der Waals surface area (Å²) < 4.78 is 14.8. The van der Waals surface area contributed by atoms with Gasteiger partial charge in [-0.2, -0.15) is 5.10 Å². The zero-order valence-corrected chi connectivity index (χ0v) is 19.7. The summed E-state index contributed by atoms with van der Waals surface area (Å²) in [5, 5.41) is 18.8. The van der Waals surface area contributed by atoms with Gasteiger partial charge in [0.1, 0.15) is 11.5 Å². The molecule has 9 heteroatoms. The van der Waals surface area contributed by atoms with Crippen LogP contribution in [-0.4, -0.2) is 51.2 Å². The number of nitro benzene ring substituents is 1. The Morgan fingerprint density at radius 2 is 1.88 bits per heavy atom. The van der Waals surface area contributed by atoms with Crippen LogP contribution in [0.4, 0.5) is 10.1 Å². The van der Waals surface area contributed by atoms with E-state index >= 15 is 0 Å². The number of nitrogens with one attached hydrogen (secondary N) is 1. The standard InChI is InChI=1S/C25H30FN5O3/c1-4-29(5-2)15-7-8-18(3)27-25(32)24-17-23(19-11-13-20(26)14-12-19)28-30(24)21-9-6-10-22(16-21)31(33)34/h6,9-14,16-18H,4-5,7-8,15H2,1-3H3,(H,27,32). The first-order valence-corrected chi connectivity index (χ1v) is 11.5. The van der Waals surface area contributed by atoms with Crippen molar-refractivity contribution in [1.29, 1.82) is 0 Å². The highest BCUT2D eigenvalue weighted by Crippen LogP contribution is 2.24. The van der Waals surface area contributed by atoms with E-state index in [1.807, 2.05) is 6.92 Å². The molecule has 8 nitrogen and oxygen atoms in total. The first-order chi connectivity index (χ1) is 16.3. The lowest BCUT2D eigenvalue weighted by molar-refractivity contribution is -0.384. The minimum absolute atomic E-state index is 0.0641. The van der Waals surface area contributed by atoms with Crippen molar-refractivity contribution in [3.05, 3.63) is 76.2 Å². The third-order valence-corrected chi connectivity index (χ3v) is 5.75. The molecule has 0 aliphatic rings. The number of non-ortho nitro benzene ring substituents is 1. The molecule has 0 bridgehead atoms. The molecule has 3 rings (SSSR count). The summed E-state index contributed by atoms with van der Waals surface area (Å²) in [5.74, 6) is -0.707. The van der Waals surface area contributed by atoms with E-state index in [1.165, 1.54) is 28.9 Å². The highest BCUT2D eigenvalue weighted by molar-refractivity contribution is 5.94. The molecule has 0 aliphatic heterocycles. The summed E-state index contributed by atoms with van der Waals surface area (Å²) in [6.07, 6.45) is 1.77. The van der Waals surface area contributed by atoms with Gasteiger partial charge in [-0.05, 0) is 75.8 Å². The van der Waals surface area contributed by atoms with Gasteiger partial charge < -0.3 is 10.2 Å². The van der Waals surface area contributed by atoms with Crippen LogP contribution in [0, 0.1) is 15.9 Å². The number of carbonyl (C=O) groups is 1. The largest absolute Gasteiger partial charge is 0.348 e. The lowest BCUT2D eigenvalue weighted by atomic mass is 10.1. The molecule has 180 valence electrons. The monoisotopic (exact) mass is 467 g/mol. The van der Waals surface area contributed by atoms with Crippen LogP contribution in [0.2, 0.25) is 0 Å². The molecule has 1 atom stereocenters. The highest BCUT2D eigenvalue weighted by atomic mass is 19.1. The van der Waals surface area contributed by atoms with Crippen LogP contribution >= 0.6 is 0 Å². The normalized spacial score (nSPS) is 12.0. The molecule has 3 aromatic rings. The summed E-state index contributed by atoms with van der Waals surface area (Å²) in [6.45, 7) is 9.16. The lowest BCUT2D eigenvalue weighted by Crippen LogP contribution is -2.34. The average molecular weight is 468 g/mol. The Kier molecular flexibility index (Phi) is 8.48. The average Bonchev–Trinajstić information content (AvgIpc) is 3.28. The van der Waals surface area contributed by atoms with Crippen LogP contribution < -0.4 is 5.32 Å². The predicted molar refractivity (Wildman–Crippen MR) is 130 cm³/mol. The Morgan fingerprint density at radius 3 is 2.53 bits per heavy atom. The molecule has 0 saturated heterocycles. The van der Waals surface area contributed by atoms with Crippen LogP contribution in [0.5, 0.6) is 0 Å². The highest BCUT2D eigenvalue weighted by Gasteiger charge is 2.20. The Bertz CT molecular complexity index is 1130. The number of carbonyl (C=O) groups excluding carboxylic acids is 1. The molecule has 1 heterocycles. The van der Waals surface area contributed by atoms with E-state index in [9.17, 15) is 19.3 Å². The van der Waals surface area contributed by atoms with Gasteiger partial charge in [-0.25, -0.2) is 9.07 Å². The van der Waals surface area contributed by atoms with Crippen LogP contribution in [0.25, 0.3) is 16.9 Å². The number of hydrogen-bond acceptors (Lipinski definition) is 5. The number of halogens is 1. The summed E-state index contributed by atoms with van der Waals surface area (Å²) in [5.41, 5.74) is 1.63. The van der Waals surface area contributed by atoms with Crippen LogP contribution in [0.1, 0.15) is 44.1 Å². The SMILES string of the molecule is CCN(CC)CCCC(C)NC(=O)c1cc(-c2ccc(F)cc2)nn1-c1cccc([N+](=O)[O-])c1. The number of amides is 1. The van der Waals surface area contributed by atoms with E-state index < -0.39 is 4.92 Å². The predicted octanol–water partition coefficient (Wildman–Crippen LogP) is 4.83. The second-order valence-electron chi connectivity index (χ2n) is 8.15. The van der Waals surface area contributed by atoms with Crippen molar-refractivity contribution in [1.82, 2.24) is 20.0 Å². The second kappa shape index (κ2) is 11.5. The van der Waals surface area contributed by atoms with Gasteiger partial charge in [0.05, 0.1) is 16.3 Å². The summed E-state index contributed by atoms with van der Waals surface area (Å²) in [6, 6.07) is 13.3. The Labute approximate surface area is 198 Å². The molecule has 1 unspecified atom stereocenters. The fourth-order valence-corrected chi connectivity index (χ4v) is 3.77. The molecule has 1 amide bonds. The summed E-state index contributed by atoms with van der Waals surface area (Å²) >= 11 is 0. The van der Waals surface area contributed by atoms with Gasteiger partial charge in [-0.1, -0.05) is 19.9 Å². The van der Waals surface area contributed by atoms with Gasteiger partial charge in [0.2, 0.25) is 0 Å². The summed E-state index contributed by atoms with van der Waals surface area (Å²) in [4.78, 5) is 26.3. The molecule has 0 saturated carbocycles. The van der Waals surface area contributed by atoms with E-state index in [4.69, 9.17) is 0 Å². The van der Waals surface area contributed by atoms with E-state index in [0.717, 1.165) is 32.5 Å². The first kappa shape index (κ1) is 25.0. The smallest absolute Gasteiger partial charge is 0.271 e. The van der Waals surface area contributed by atoms with E-state index in [1.54, 1.807) is 30.3 Å². The molecule has 0 spiro atoms. The van der Waals surface area contributed by atoms with Gasteiger partial charge in [-0.3, -0.25) is 14.9 Å². The van der Waals surface area contributed by atoms with Crippen molar-refractivity contribution in [3.8, 4) is 16.9 Å². The molecular formula is C25H30FN5O3. The van der Waals surface area contributed by atoms with Gasteiger partial charge in [0.25, 0.3) is 11.6 Å². The molecule has 2 aromatic carbocycles. The number of benzene rings is 2.